The van der Waals surface area contributed by atoms with Gasteiger partial charge in [-0.25, -0.2) is 4.79 Å². The van der Waals surface area contributed by atoms with Crippen LogP contribution >= 0.6 is 11.3 Å². The van der Waals surface area contributed by atoms with Crippen LogP contribution in [-0.4, -0.2) is 27.5 Å². The molecule has 13 heteroatoms. The summed E-state index contributed by atoms with van der Waals surface area (Å²) in [4.78, 5) is 47.5. The lowest BCUT2D eigenvalue weighted by Crippen LogP contribution is -2.40. The van der Waals surface area contributed by atoms with Crippen LogP contribution in [0.5, 0.6) is 0 Å². The fourth-order valence-electron chi connectivity index (χ4n) is 3.89. The molecule has 2 aromatic carbocycles. The van der Waals surface area contributed by atoms with Crippen LogP contribution in [0.1, 0.15) is 17.0 Å². The Balaban J connectivity index is 2.08. The van der Waals surface area contributed by atoms with Gasteiger partial charge in [-0.1, -0.05) is 24.3 Å². The van der Waals surface area contributed by atoms with Crippen LogP contribution < -0.4 is 20.5 Å². The van der Waals surface area contributed by atoms with Crippen LogP contribution in [0.3, 0.4) is 0 Å². The Hall–Kier alpha value is -5.09. The third-order valence-electron chi connectivity index (χ3n) is 5.47. The molecule has 0 aliphatic carbocycles. The van der Waals surface area contributed by atoms with Crippen LogP contribution in [0.25, 0.3) is 17.5 Å². The van der Waals surface area contributed by atoms with E-state index in [2.05, 4.69) is 0 Å². The average Bonchev–Trinajstić information content (AvgIpc) is 3.19. The molecule has 36 heavy (non-hydrogen) atoms. The minimum absolute atomic E-state index is 0.0801. The van der Waals surface area contributed by atoms with Crippen LogP contribution in [-0.2, 0) is 9.53 Å². The number of benzene rings is 2. The molecule has 1 aliphatic heterocycles. The Kier molecular flexibility index (Phi) is 6.20. The van der Waals surface area contributed by atoms with Gasteiger partial charge in [0.05, 0.1) is 44.6 Å². The van der Waals surface area contributed by atoms with Gasteiger partial charge in [-0.3, -0.25) is 29.6 Å². The number of nitro benzene ring substituents is 2. The van der Waals surface area contributed by atoms with Gasteiger partial charge in [-0.15, -0.1) is 11.3 Å². The summed E-state index contributed by atoms with van der Waals surface area (Å²) in [6.45, 7) is 0. The fraction of sp³-hybridized carbons (Fsp3) is 0.0870. The molecule has 0 fully saturated rings. The molecular weight excluding hydrogens is 490 g/mol. The zero-order valence-electron chi connectivity index (χ0n) is 18.4. The molecule has 2 heterocycles. The van der Waals surface area contributed by atoms with Crippen molar-refractivity contribution in [3.63, 3.8) is 0 Å². The van der Waals surface area contributed by atoms with E-state index in [1.54, 1.807) is 6.07 Å². The number of fused-ring (bicyclic) bond motifs is 1. The highest BCUT2D eigenvalue weighted by Gasteiger charge is 2.36. The second-order valence-electron chi connectivity index (χ2n) is 7.51. The predicted molar refractivity (Wildman–Crippen MR) is 129 cm³/mol. The summed E-state index contributed by atoms with van der Waals surface area (Å²) in [6, 6.07) is 12.9. The molecule has 0 bridgehead atoms. The number of nitriles is 1. The van der Waals surface area contributed by atoms with Crippen LogP contribution in [0.15, 0.2) is 58.9 Å². The molecule has 4 rings (SSSR count). The fourth-order valence-corrected chi connectivity index (χ4v) is 5.05. The van der Waals surface area contributed by atoms with Gasteiger partial charge in [0.2, 0.25) is 0 Å². The molecule has 2 N–H and O–H groups in total. The predicted octanol–water partition coefficient (Wildman–Crippen LogP) is 1.33. The molecule has 180 valence electrons. The van der Waals surface area contributed by atoms with E-state index >= 15 is 0 Å². The summed E-state index contributed by atoms with van der Waals surface area (Å²) in [5, 5.41) is 32.3. The molecule has 1 atom stereocenters. The van der Waals surface area contributed by atoms with Crippen LogP contribution in [0.2, 0.25) is 0 Å². The maximum Gasteiger partial charge on any atom is 0.337 e. The quantitative estimate of drug-likeness (QED) is 0.303. The van der Waals surface area contributed by atoms with E-state index < -0.39 is 27.3 Å². The smallest absolute Gasteiger partial charge is 0.337 e. The molecule has 0 amide bonds. The number of carbonyl (C=O) groups is 1. The van der Waals surface area contributed by atoms with Crippen molar-refractivity contribution >= 4 is 46.2 Å². The molecular formula is C23H15N5O7S. The van der Waals surface area contributed by atoms with Crippen molar-refractivity contribution in [2.45, 2.75) is 5.92 Å². The van der Waals surface area contributed by atoms with Crippen LogP contribution in [0.4, 0.5) is 11.4 Å². The largest absolute Gasteiger partial charge is 0.466 e. The van der Waals surface area contributed by atoms with Crippen molar-refractivity contribution in [2.24, 2.45) is 5.73 Å². The van der Waals surface area contributed by atoms with Crippen molar-refractivity contribution in [2.75, 3.05) is 7.11 Å². The van der Waals surface area contributed by atoms with Crippen molar-refractivity contribution in [1.82, 2.24) is 4.57 Å². The number of nitrogens with two attached hydrogens (primary N) is 1. The highest BCUT2D eigenvalue weighted by atomic mass is 32.1. The lowest BCUT2D eigenvalue weighted by atomic mass is 9.83. The maximum absolute atomic E-state index is 13.3. The number of nitro groups is 2. The summed E-state index contributed by atoms with van der Waals surface area (Å²) in [7, 11) is 1.12. The molecule has 3 aromatic rings. The topological polar surface area (TPSA) is 184 Å². The molecule has 12 nitrogen and oxygen atoms in total. The second kappa shape index (κ2) is 9.28. The molecule has 1 aliphatic rings. The van der Waals surface area contributed by atoms with Gasteiger partial charge in [-0.05, 0) is 17.2 Å². The summed E-state index contributed by atoms with van der Waals surface area (Å²) in [6.07, 6.45) is 1.40. The highest BCUT2D eigenvalue weighted by molar-refractivity contribution is 7.07. The lowest BCUT2D eigenvalue weighted by Gasteiger charge is -2.24. The zero-order chi connectivity index (χ0) is 26.1. The third-order valence-corrected chi connectivity index (χ3v) is 6.58. The monoisotopic (exact) mass is 505 g/mol. The number of methoxy groups -OCH3 is 1. The Bertz CT molecular complexity index is 1710. The van der Waals surface area contributed by atoms with Gasteiger partial charge >= 0.3 is 5.97 Å². The summed E-state index contributed by atoms with van der Waals surface area (Å²) >= 11 is 0.878. The number of carbonyl (C=O) groups excluding carboxylic acids is 1. The third kappa shape index (κ3) is 4.01. The first-order chi connectivity index (χ1) is 17.2. The Morgan fingerprint density at radius 2 is 1.81 bits per heavy atom. The lowest BCUT2D eigenvalue weighted by molar-refractivity contribution is -0.385. The molecule has 0 saturated heterocycles. The molecule has 0 saturated carbocycles. The first-order valence-corrected chi connectivity index (χ1v) is 10.9. The van der Waals surface area contributed by atoms with Gasteiger partial charge in [0.25, 0.3) is 16.9 Å². The molecule has 0 radical (unpaired) electrons. The molecule has 1 aromatic heterocycles. The Morgan fingerprint density at radius 3 is 2.42 bits per heavy atom. The second-order valence-corrected chi connectivity index (χ2v) is 8.54. The number of non-ortho nitro benzene ring substituents is 2. The summed E-state index contributed by atoms with van der Waals surface area (Å²) < 4.78 is 6.11. The number of esters is 1. The van der Waals surface area contributed by atoms with E-state index in [-0.39, 0.29) is 43.1 Å². The number of thiazole rings is 1. The first-order valence-electron chi connectivity index (χ1n) is 10.1. The number of hydrogen-bond donors (Lipinski definition) is 1. The van der Waals surface area contributed by atoms with E-state index in [0.29, 0.717) is 5.56 Å². The first kappa shape index (κ1) is 24.0. The van der Waals surface area contributed by atoms with E-state index in [1.165, 1.54) is 48.5 Å². The molecule has 0 unspecified atom stereocenters. The van der Waals surface area contributed by atoms with E-state index in [1.807, 2.05) is 6.07 Å². The van der Waals surface area contributed by atoms with Crippen molar-refractivity contribution in [3.05, 3.63) is 105 Å². The van der Waals surface area contributed by atoms with E-state index in [9.17, 15) is 35.1 Å². The number of allylic oxidation sites excluding steroid dienone is 1. The number of ether oxygens (including phenoxy) is 1. The number of rotatable bonds is 5. The Labute approximate surface area is 205 Å². The van der Waals surface area contributed by atoms with Gasteiger partial charge in [0.1, 0.15) is 10.5 Å². The van der Waals surface area contributed by atoms with E-state index in [0.717, 1.165) is 23.0 Å². The minimum atomic E-state index is -1.13. The zero-order valence-corrected chi connectivity index (χ0v) is 19.2. The van der Waals surface area contributed by atoms with Crippen molar-refractivity contribution in [3.8, 4) is 6.07 Å². The Morgan fingerprint density at radius 1 is 1.17 bits per heavy atom. The van der Waals surface area contributed by atoms with Gasteiger partial charge in [0.15, 0.2) is 0 Å². The van der Waals surface area contributed by atoms with Crippen molar-refractivity contribution < 1.29 is 19.4 Å². The van der Waals surface area contributed by atoms with Gasteiger partial charge < -0.3 is 10.5 Å². The number of aromatic nitrogens is 1. The van der Waals surface area contributed by atoms with E-state index in [4.69, 9.17) is 10.5 Å². The number of hydrogen-bond acceptors (Lipinski definition) is 10. The minimum Gasteiger partial charge on any atom is -0.466 e. The normalized spacial score (nSPS) is 15.3. The number of nitrogens with zero attached hydrogens (tertiary/aromatic N) is 4. The SMILES string of the molecule is COC(=O)C1=c2s/c(=C\c3cccc([N+](=O)[O-])c3)c(=O)n2C(N)=C(C#N)[C@@H]1c1cccc([N+](=O)[O-])c1. The summed E-state index contributed by atoms with van der Waals surface area (Å²) in [5.74, 6) is -2.23. The molecule has 0 spiro atoms. The highest BCUT2D eigenvalue weighted by Crippen LogP contribution is 2.37. The van der Waals surface area contributed by atoms with Crippen molar-refractivity contribution in [1.29, 1.82) is 5.26 Å². The average molecular weight is 505 g/mol. The standard InChI is InChI=1S/C23H15N5O7S/c1-35-23(30)19-18(13-5-3-7-15(10-13)28(33)34)16(11-24)20(25)26-21(29)17(36-22(19)26)9-12-4-2-6-14(8-12)27(31)32/h2-10,18H,25H2,1H3/b17-9-/t18-/m0/s1. The van der Waals surface area contributed by atoms with Gasteiger partial charge in [-0.2, -0.15) is 5.26 Å². The maximum atomic E-state index is 13.3. The van der Waals surface area contributed by atoms with Gasteiger partial charge in [0, 0.05) is 24.3 Å². The summed E-state index contributed by atoms with van der Waals surface area (Å²) in [5.41, 5.74) is 5.48. The van der Waals surface area contributed by atoms with Crippen LogP contribution in [0, 0.1) is 31.6 Å².